The molecular formula is C12H17FN2OS. The summed E-state index contributed by atoms with van der Waals surface area (Å²) in [5.41, 5.74) is 5.84. The Labute approximate surface area is 106 Å². The highest BCUT2D eigenvalue weighted by Gasteiger charge is 2.18. The third-order valence-electron chi connectivity index (χ3n) is 2.46. The largest absolute Gasteiger partial charge is 0.355 e. The van der Waals surface area contributed by atoms with Gasteiger partial charge in [0.15, 0.2) is 0 Å². The number of amides is 1. The predicted molar refractivity (Wildman–Crippen MR) is 69.5 cm³/mol. The average molecular weight is 256 g/mol. The minimum absolute atomic E-state index is 0.131. The summed E-state index contributed by atoms with van der Waals surface area (Å²) in [6.45, 7) is 0.825. The second-order valence-electron chi connectivity index (χ2n) is 3.75. The van der Waals surface area contributed by atoms with E-state index in [1.807, 2.05) is 0 Å². The molecule has 0 fully saturated rings. The maximum atomic E-state index is 13.4. The molecule has 0 spiro atoms. The third-order valence-corrected chi connectivity index (χ3v) is 2.90. The van der Waals surface area contributed by atoms with Crippen LogP contribution in [-0.4, -0.2) is 24.7 Å². The quantitative estimate of drug-likeness (QED) is 0.665. The predicted octanol–water partition coefficient (Wildman–Crippen LogP) is 0.989. The fraction of sp³-hybridized carbons (Fsp3) is 0.417. The van der Waals surface area contributed by atoms with Crippen molar-refractivity contribution in [1.82, 2.24) is 5.32 Å². The summed E-state index contributed by atoms with van der Waals surface area (Å²) in [6.07, 6.45) is 0.354. The van der Waals surface area contributed by atoms with Gasteiger partial charge in [0.1, 0.15) is 5.82 Å². The molecule has 0 aliphatic rings. The summed E-state index contributed by atoms with van der Waals surface area (Å²) in [4.78, 5) is 11.7. The van der Waals surface area contributed by atoms with E-state index in [-0.39, 0.29) is 17.6 Å². The van der Waals surface area contributed by atoms with Crippen LogP contribution in [0.4, 0.5) is 4.39 Å². The van der Waals surface area contributed by atoms with Gasteiger partial charge in [0.05, 0.1) is 5.92 Å². The summed E-state index contributed by atoms with van der Waals surface area (Å²) >= 11 is 4.13. The number of benzene rings is 1. The number of halogens is 1. The van der Waals surface area contributed by atoms with E-state index in [1.165, 1.54) is 6.07 Å². The Morgan fingerprint density at radius 2 is 2.18 bits per heavy atom. The van der Waals surface area contributed by atoms with Crippen molar-refractivity contribution >= 4 is 18.5 Å². The summed E-state index contributed by atoms with van der Waals surface area (Å²) in [5, 5.41) is 2.69. The Kier molecular flexibility index (Phi) is 6.00. The van der Waals surface area contributed by atoms with E-state index in [2.05, 4.69) is 17.9 Å². The van der Waals surface area contributed by atoms with Gasteiger partial charge in [-0.1, -0.05) is 18.2 Å². The van der Waals surface area contributed by atoms with Crippen molar-refractivity contribution in [3.63, 3.8) is 0 Å². The molecule has 0 aliphatic carbocycles. The number of hydrogen-bond acceptors (Lipinski definition) is 3. The van der Waals surface area contributed by atoms with Crippen molar-refractivity contribution in [1.29, 1.82) is 0 Å². The van der Waals surface area contributed by atoms with Crippen LogP contribution in [0.1, 0.15) is 5.56 Å². The van der Waals surface area contributed by atoms with Gasteiger partial charge in [-0.15, -0.1) is 0 Å². The van der Waals surface area contributed by atoms with Crippen LogP contribution in [0.25, 0.3) is 0 Å². The molecule has 1 atom stereocenters. The lowest BCUT2D eigenvalue weighted by Crippen LogP contribution is -2.36. The number of nitrogens with one attached hydrogen (secondary N) is 1. The normalized spacial score (nSPS) is 12.2. The van der Waals surface area contributed by atoms with Crippen LogP contribution in [0, 0.1) is 11.7 Å². The first-order chi connectivity index (χ1) is 8.19. The topological polar surface area (TPSA) is 55.1 Å². The van der Waals surface area contributed by atoms with Crippen LogP contribution >= 0.6 is 12.6 Å². The van der Waals surface area contributed by atoms with Gasteiger partial charge in [-0.05, 0) is 18.1 Å². The van der Waals surface area contributed by atoms with Crippen molar-refractivity contribution in [3.05, 3.63) is 35.6 Å². The summed E-state index contributed by atoms with van der Waals surface area (Å²) in [7, 11) is 0. The number of thiol groups is 1. The van der Waals surface area contributed by atoms with Gasteiger partial charge >= 0.3 is 0 Å². The summed E-state index contributed by atoms with van der Waals surface area (Å²) in [6, 6.07) is 6.46. The molecule has 3 nitrogen and oxygen atoms in total. The zero-order valence-corrected chi connectivity index (χ0v) is 10.4. The highest BCUT2D eigenvalue weighted by molar-refractivity contribution is 7.80. The number of carbonyl (C=O) groups excluding carboxylic acids is 1. The Morgan fingerprint density at radius 1 is 1.47 bits per heavy atom. The Morgan fingerprint density at radius 3 is 2.76 bits per heavy atom. The van der Waals surface area contributed by atoms with Gasteiger partial charge in [0.2, 0.25) is 5.91 Å². The van der Waals surface area contributed by atoms with E-state index in [0.717, 1.165) is 0 Å². The van der Waals surface area contributed by atoms with E-state index < -0.39 is 0 Å². The van der Waals surface area contributed by atoms with E-state index >= 15 is 0 Å². The molecule has 0 bridgehead atoms. The van der Waals surface area contributed by atoms with Crippen molar-refractivity contribution in [2.75, 3.05) is 18.8 Å². The van der Waals surface area contributed by atoms with Crippen molar-refractivity contribution in [2.45, 2.75) is 6.42 Å². The molecule has 1 rings (SSSR count). The molecule has 1 amide bonds. The third kappa shape index (κ3) is 4.36. The van der Waals surface area contributed by atoms with E-state index in [1.54, 1.807) is 18.2 Å². The van der Waals surface area contributed by atoms with Gasteiger partial charge in [0, 0.05) is 18.8 Å². The van der Waals surface area contributed by atoms with Crippen LogP contribution in [-0.2, 0) is 11.2 Å². The average Bonchev–Trinajstić information content (AvgIpc) is 2.35. The number of nitrogens with two attached hydrogens (primary N) is 1. The van der Waals surface area contributed by atoms with E-state index in [0.29, 0.717) is 30.8 Å². The number of hydrogen-bond donors (Lipinski definition) is 3. The molecule has 17 heavy (non-hydrogen) atoms. The molecule has 1 aromatic rings. The first kappa shape index (κ1) is 14.0. The Hall–Kier alpha value is -1.07. The number of rotatable bonds is 6. The lowest BCUT2D eigenvalue weighted by molar-refractivity contribution is -0.124. The fourth-order valence-electron chi connectivity index (χ4n) is 1.51. The lowest BCUT2D eigenvalue weighted by atomic mass is 10.00. The van der Waals surface area contributed by atoms with Crippen molar-refractivity contribution < 1.29 is 9.18 Å². The molecule has 1 aromatic carbocycles. The van der Waals surface area contributed by atoms with Crippen molar-refractivity contribution in [2.24, 2.45) is 11.7 Å². The van der Waals surface area contributed by atoms with Gasteiger partial charge in [-0.2, -0.15) is 12.6 Å². The molecule has 94 valence electrons. The van der Waals surface area contributed by atoms with Gasteiger partial charge in [0.25, 0.3) is 0 Å². The molecule has 0 aromatic heterocycles. The monoisotopic (exact) mass is 256 g/mol. The molecule has 0 radical (unpaired) electrons. The zero-order valence-electron chi connectivity index (χ0n) is 9.53. The Bertz CT molecular complexity index is 373. The van der Waals surface area contributed by atoms with Gasteiger partial charge in [-0.3, -0.25) is 4.79 Å². The molecule has 0 saturated heterocycles. The van der Waals surface area contributed by atoms with Crippen LogP contribution < -0.4 is 11.1 Å². The highest BCUT2D eigenvalue weighted by atomic mass is 32.1. The second kappa shape index (κ2) is 7.29. The highest BCUT2D eigenvalue weighted by Crippen LogP contribution is 2.14. The Balaban J connectivity index is 2.63. The number of carbonyl (C=O) groups is 1. The summed E-state index contributed by atoms with van der Waals surface area (Å²) in [5.74, 6) is -0.369. The van der Waals surface area contributed by atoms with E-state index in [9.17, 15) is 9.18 Å². The van der Waals surface area contributed by atoms with Crippen LogP contribution in [0.2, 0.25) is 0 Å². The van der Waals surface area contributed by atoms with Crippen LogP contribution in [0.5, 0.6) is 0 Å². The SMILES string of the molecule is NCCNC(=O)[C@@H](CS)Cc1ccccc1F. The first-order valence-electron chi connectivity index (χ1n) is 5.51. The maximum Gasteiger partial charge on any atom is 0.224 e. The molecule has 5 heteroatoms. The molecule has 0 unspecified atom stereocenters. The van der Waals surface area contributed by atoms with Gasteiger partial charge in [-0.25, -0.2) is 4.39 Å². The van der Waals surface area contributed by atoms with Crippen LogP contribution in [0.15, 0.2) is 24.3 Å². The van der Waals surface area contributed by atoms with Crippen LogP contribution in [0.3, 0.4) is 0 Å². The maximum absolute atomic E-state index is 13.4. The second-order valence-corrected chi connectivity index (χ2v) is 4.12. The lowest BCUT2D eigenvalue weighted by Gasteiger charge is -2.14. The first-order valence-corrected chi connectivity index (χ1v) is 6.14. The molecular weight excluding hydrogens is 239 g/mol. The smallest absolute Gasteiger partial charge is 0.224 e. The van der Waals surface area contributed by atoms with Crippen molar-refractivity contribution in [3.8, 4) is 0 Å². The minimum atomic E-state index is -0.332. The molecule has 0 saturated carbocycles. The zero-order chi connectivity index (χ0) is 12.7. The summed E-state index contributed by atoms with van der Waals surface area (Å²) < 4.78 is 13.4. The molecule has 0 heterocycles. The van der Waals surface area contributed by atoms with Gasteiger partial charge < -0.3 is 11.1 Å². The van der Waals surface area contributed by atoms with E-state index in [4.69, 9.17) is 5.73 Å². The molecule has 0 aliphatic heterocycles. The fourth-order valence-corrected chi connectivity index (χ4v) is 1.80. The molecule has 3 N–H and O–H groups in total. The standard InChI is InChI=1S/C12H17FN2OS/c13-11-4-2-1-3-9(11)7-10(8-17)12(16)15-6-5-14/h1-4,10,17H,5-8,14H2,(H,15,16)/t10-/m1/s1. The minimum Gasteiger partial charge on any atom is -0.355 e.